The fourth-order valence-electron chi connectivity index (χ4n) is 1.20. The molecule has 0 saturated heterocycles. The van der Waals surface area contributed by atoms with E-state index < -0.39 is 0 Å². The lowest BCUT2D eigenvalue weighted by molar-refractivity contribution is 0.244. The molecule has 0 aliphatic carbocycles. The fourth-order valence-corrected chi connectivity index (χ4v) is 1.20. The first-order valence-electron chi connectivity index (χ1n) is 5.02. The van der Waals surface area contributed by atoms with Gasteiger partial charge in [-0.25, -0.2) is 0 Å². The maximum atomic E-state index is 8.91. The van der Waals surface area contributed by atoms with Crippen LogP contribution in [-0.2, 0) is 0 Å². The Kier molecular flexibility index (Phi) is 4.37. The largest absolute Gasteiger partial charge is 0.493 e. The van der Waals surface area contributed by atoms with Crippen LogP contribution in [0.3, 0.4) is 0 Å². The van der Waals surface area contributed by atoms with Gasteiger partial charge in [-0.15, -0.1) is 0 Å². The van der Waals surface area contributed by atoms with Crippen molar-refractivity contribution in [1.29, 1.82) is 0 Å². The molecule has 1 unspecified atom stereocenters. The Labute approximate surface area is 90.3 Å². The van der Waals surface area contributed by atoms with Crippen molar-refractivity contribution in [2.75, 3.05) is 25.6 Å². The smallest absolute Gasteiger partial charge is 0.160 e. The Hall–Kier alpha value is -1.29. The second-order valence-corrected chi connectivity index (χ2v) is 3.69. The van der Waals surface area contributed by atoms with E-state index in [0.29, 0.717) is 0 Å². The number of rotatable bonds is 5. The van der Waals surface area contributed by atoms with Gasteiger partial charge in [0, 0.05) is 18.8 Å². The van der Waals surface area contributed by atoms with Gasteiger partial charge in [0.25, 0.3) is 0 Å². The van der Waals surface area contributed by atoms with Crippen LogP contribution >= 0.6 is 0 Å². The van der Waals surface area contributed by atoms with E-state index in [2.05, 4.69) is 10.3 Å². The standard InChI is InChI=1S/C11H18N2O2/c1-8(7-14)5-13-10-4-9(2)12-6-11(10)15-3/h4,6,8,14H,5,7H2,1-3H3,(H,12,13). The zero-order valence-corrected chi connectivity index (χ0v) is 9.45. The molecule has 1 atom stereocenters. The number of aryl methyl sites for hydroxylation is 1. The van der Waals surface area contributed by atoms with E-state index in [0.717, 1.165) is 23.7 Å². The number of hydrogen-bond donors (Lipinski definition) is 2. The van der Waals surface area contributed by atoms with Crippen molar-refractivity contribution in [3.8, 4) is 5.75 Å². The Balaban J connectivity index is 2.69. The quantitative estimate of drug-likeness (QED) is 0.772. The van der Waals surface area contributed by atoms with Crippen LogP contribution in [0.25, 0.3) is 0 Å². The third-order valence-electron chi connectivity index (χ3n) is 2.18. The minimum absolute atomic E-state index is 0.180. The highest BCUT2D eigenvalue weighted by Gasteiger charge is 2.05. The Morgan fingerprint density at radius 2 is 2.33 bits per heavy atom. The van der Waals surface area contributed by atoms with Crippen molar-refractivity contribution in [3.63, 3.8) is 0 Å². The van der Waals surface area contributed by atoms with E-state index in [1.807, 2.05) is 19.9 Å². The second-order valence-electron chi connectivity index (χ2n) is 3.69. The summed E-state index contributed by atoms with van der Waals surface area (Å²) in [7, 11) is 1.62. The van der Waals surface area contributed by atoms with Crippen molar-refractivity contribution in [2.45, 2.75) is 13.8 Å². The molecule has 0 aliphatic rings. The minimum Gasteiger partial charge on any atom is -0.493 e. The maximum Gasteiger partial charge on any atom is 0.160 e. The molecule has 1 heterocycles. The highest BCUT2D eigenvalue weighted by molar-refractivity contribution is 5.55. The third kappa shape index (κ3) is 3.40. The number of nitrogens with zero attached hydrogens (tertiary/aromatic N) is 1. The van der Waals surface area contributed by atoms with Crippen LogP contribution < -0.4 is 10.1 Å². The van der Waals surface area contributed by atoms with Gasteiger partial charge in [0.2, 0.25) is 0 Å². The highest BCUT2D eigenvalue weighted by Crippen LogP contribution is 2.23. The summed E-state index contributed by atoms with van der Waals surface area (Å²) in [6, 6.07) is 1.93. The molecule has 0 radical (unpaired) electrons. The molecule has 0 bridgehead atoms. The minimum atomic E-state index is 0.180. The molecule has 15 heavy (non-hydrogen) atoms. The SMILES string of the molecule is COc1cnc(C)cc1NCC(C)CO. The molecule has 0 amide bonds. The Morgan fingerprint density at radius 1 is 1.60 bits per heavy atom. The van der Waals surface area contributed by atoms with Crippen LogP contribution in [0.4, 0.5) is 5.69 Å². The lowest BCUT2D eigenvalue weighted by Gasteiger charge is -2.14. The molecule has 1 rings (SSSR count). The number of hydrogen-bond acceptors (Lipinski definition) is 4. The number of pyridine rings is 1. The van der Waals surface area contributed by atoms with Crippen molar-refractivity contribution < 1.29 is 9.84 Å². The fraction of sp³-hybridized carbons (Fsp3) is 0.545. The van der Waals surface area contributed by atoms with Crippen LogP contribution in [-0.4, -0.2) is 30.4 Å². The van der Waals surface area contributed by atoms with E-state index in [9.17, 15) is 0 Å². The van der Waals surface area contributed by atoms with E-state index in [4.69, 9.17) is 9.84 Å². The Bertz CT molecular complexity index is 315. The number of aliphatic hydroxyl groups excluding tert-OH is 1. The number of anilines is 1. The zero-order chi connectivity index (χ0) is 11.3. The van der Waals surface area contributed by atoms with E-state index in [-0.39, 0.29) is 12.5 Å². The Morgan fingerprint density at radius 3 is 2.93 bits per heavy atom. The van der Waals surface area contributed by atoms with Gasteiger partial charge in [-0.2, -0.15) is 0 Å². The molecule has 0 saturated carbocycles. The van der Waals surface area contributed by atoms with Gasteiger partial charge in [-0.1, -0.05) is 6.92 Å². The molecule has 0 spiro atoms. The number of aromatic nitrogens is 1. The molecular weight excluding hydrogens is 192 g/mol. The van der Waals surface area contributed by atoms with Crippen LogP contribution in [0, 0.1) is 12.8 Å². The van der Waals surface area contributed by atoms with Gasteiger partial charge >= 0.3 is 0 Å². The first-order valence-corrected chi connectivity index (χ1v) is 5.02. The number of ether oxygens (including phenoxy) is 1. The summed E-state index contributed by atoms with van der Waals surface area (Å²) in [5.74, 6) is 0.953. The highest BCUT2D eigenvalue weighted by atomic mass is 16.5. The summed E-state index contributed by atoms with van der Waals surface area (Å²) >= 11 is 0. The summed E-state index contributed by atoms with van der Waals surface area (Å²) in [6.45, 7) is 4.81. The average molecular weight is 210 g/mol. The number of methoxy groups -OCH3 is 1. The molecular formula is C11H18N2O2. The van der Waals surface area contributed by atoms with Crippen molar-refractivity contribution >= 4 is 5.69 Å². The molecule has 0 aliphatic heterocycles. The van der Waals surface area contributed by atoms with Crippen molar-refractivity contribution in [1.82, 2.24) is 4.98 Å². The molecule has 1 aromatic heterocycles. The van der Waals surface area contributed by atoms with Crippen molar-refractivity contribution in [3.05, 3.63) is 18.0 Å². The molecule has 4 heteroatoms. The predicted octanol–water partition coefficient (Wildman–Crippen LogP) is 1.44. The third-order valence-corrected chi connectivity index (χ3v) is 2.18. The molecule has 4 nitrogen and oxygen atoms in total. The topological polar surface area (TPSA) is 54.4 Å². The first kappa shape index (κ1) is 11.8. The van der Waals surface area contributed by atoms with Crippen molar-refractivity contribution in [2.24, 2.45) is 5.92 Å². The molecule has 1 aromatic rings. The van der Waals surface area contributed by atoms with Crippen LogP contribution in [0.5, 0.6) is 5.75 Å². The lowest BCUT2D eigenvalue weighted by Crippen LogP contribution is -2.15. The summed E-state index contributed by atoms with van der Waals surface area (Å²) in [4.78, 5) is 4.14. The summed E-state index contributed by atoms with van der Waals surface area (Å²) in [5.41, 5.74) is 1.86. The van der Waals surface area contributed by atoms with Gasteiger partial charge < -0.3 is 15.2 Å². The van der Waals surface area contributed by atoms with Crippen LogP contribution in [0.15, 0.2) is 12.3 Å². The number of nitrogens with one attached hydrogen (secondary N) is 1. The molecule has 0 aromatic carbocycles. The first-order chi connectivity index (χ1) is 7.17. The zero-order valence-electron chi connectivity index (χ0n) is 9.45. The monoisotopic (exact) mass is 210 g/mol. The van der Waals surface area contributed by atoms with Crippen LogP contribution in [0.1, 0.15) is 12.6 Å². The second kappa shape index (κ2) is 5.56. The summed E-state index contributed by atoms with van der Waals surface area (Å²) in [6.07, 6.45) is 1.70. The maximum absolute atomic E-state index is 8.91. The summed E-state index contributed by atoms with van der Waals surface area (Å²) in [5, 5.41) is 12.1. The molecule has 84 valence electrons. The van der Waals surface area contributed by atoms with Gasteiger partial charge in [0.05, 0.1) is 19.0 Å². The van der Waals surface area contributed by atoms with E-state index in [1.54, 1.807) is 13.3 Å². The van der Waals surface area contributed by atoms with Gasteiger partial charge in [-0.3, -0.25) is 4.98 Å². The van der Waals surface area contributed by atoms with E-state index in [1.165, 1.54) is 0 Å². The van der Waals surface area contributed by atoms with Gasteiger partial charge in [-0.05, 0) is 18.9 Å². The average Bonchev–Trinajstić information content (AvgIpc) is 2.26. The molecule has 0 fully saturated rings. The lowest BCUT2D eigenvalue weighted by atomic mass is 10.2. The summed E-state index contributed by atoms with van der Waals surface area (Å²) < 4.78 is 5.18. The predicted molar refractivity (Wildman–Crippen MR) is 60.3 cm³/mol. The van der Waals surface area contributed by atoms with Gasteiger partial charge in [0.15, 0.2) is 5.75 Å². The van der Waals surface area contributed by atoms with Crippen LogP contribution in [0.2, 0.25) is 0 Å². The normalized spacial score (nSPS) is 12.3. The number of aliphatic hydroxyl groups is 1. The van der Waals surface area contributed by atoms with Gasteiger partial charge in [0.1, 0.15) is 0 Å². The van der Waals surface area contributed by atoms with E-state index >= 15 is 0 Å². The molecule has 2 N–H and O–H groups in total.